The first kappa shape index (κ1) is 13.5. The maximum Gasteiger partial charge on any atom is 0.159 e. The number of ketones is 1. The fraction of sp³-hybridized carbons (Fsp3) is 0.278. The highest BCUT2D eigenvalue weighted by atomic mass is 16.1. The molecule has 2 aromatic rings. The normalized spacial score (nSPS) is 10.8. The van der Waals surface area contributed by atoms with Gasteiger partial charge in [0.25, 0.3) is 0 Å². The fourth-order valence-corrected chi connectivity index (χ4v) is 2.27. The van der Waals surface area contributed by atoms with Gasteiger partial charge in [-0.25, -0.2) is 0 Å². The van der Waals surface area contributed by atoms with Crippen LogP contribution in [0.1, 0.15) is 48.2 Å². The van der Waals surface area contributed by atoms with E-state index >= 15 is 0 Å². The summed E-state index contributed by atoms with van der Waals surface area (Å²) < 4.78 is 0. The Morgan fingerprint density at radius 3 is 2.37 bits per heavy atom. The SMILES string of the molecule is CC(=O)c1ccc(-c2cccc(C(C)C)c2)c(C)c1. The summed E-state index contributed by atoms with van der Waals surface area (Å²) in [5, 5.41) is 0. The van der Waals surface area contributed by atoms with Crippen LogP contribution in [0.2, 0.25) is 0 Å². The van der Waals surface area contributed by atoms with Crippen molar-refractivity contribution in [1.82, 2.24) is 0 Å². The van der Waals surface area contributed by atoms with E-state index in [0.29, 0.717) is 5.92 Å². The molecule has 0 bridgehead atoms. The largest absolute Gasteiger partial charge is 0.295 e. The number of hydrogen-bond donors (Lipinski definition) is 0. The Labute approximate surface area is 115 Å². The topological polar surface area (TPSA) is 17.1 Å². The number of benzene rings is 2. The minimum absolute atomic E-state index is 0.116. The van der Waals surface area contributed by atoms with Crippen molar-refractivity contribution < 1.29 is 4.79 Å². The van der Waals surface area contributed by atoms with Crippen LogP contribution >= 0.6 is 0 Å². The highest BCUT2D eigenvalue weighted by molar-refractivity contribution is 5.95. The third-order valence-corrected chi connectivity index (χ3v) is 3.50. The van der Waals surface area contributed by atoms with Gasteiger partial charge in [0.1, 0.15) is 0 Å². The van der Waals surface area contributed by atoms with Crippen LogP contribution in [0.4, 0.5) is 0 Å². The molecule has 0 aromatic heterocycles. The van der Waals surface area contributed by atoms with Crippen molar-refractivity contribution >= 4 is 5.78 Å². The first-order chi connectivity index (χ1) is 8.99. The molecule has 0 atom stereocenters. The summed E-state index contributed by atoms with van der Waals surface area (Å²) in [5.74, 6) is 0.641. The third-order valence-electron chi connectivity index (χ3n) is 3.50. The molecule has 0 saturated carbocycles. The zero-order valence-corrected chi connectivity index (χ0v) is 12.0. The van der Waals surface area contributed by atoms with Crippen LogP contribution in [0.5, 0.6) is 0 Å². The molecular formula is C18H20O. The Morgan fingerprint density at radius 1 is 1.05 bits per heavy atom. The summed E-state index contributed by atoms with van der Waals surface area (Å²) in [6.45, 7) is 8.06. The quantitative estimate of drug-likeness (QED) is 0.703. The van der Waals surface area contributed by atoms with E-state index in [1.807, 2.05) is 18.2 Å². The Bertz CT molecular complexity index is 609. The molecule has 1 nitrogen and oxygen atoms in total. The number of hydrogen-bond acceptors (Lipinski definition) is 1. The lowest BCUT2D eigenvalue weighted by atomic mass is 9.94. The van der Waals surface area contributed by atoms with Crippen molar-refractivity contribution in [2.24, 2.45) is 0 Å². The van der Waals surface area contributed by atoms with E-state index in [2.05, 4.69) is 45.0 Å². The van der Waals surface area contributed by atoms with Crippen LogP contribution in [-0.4, -0.2) is 5.78 Å². The second kappa shape index (κ2) is 5.40. The Morgan fingerprint density at radius 2 is 1.79 bits per heavy atom. The first-order valence-electron chi connectivity index (χ1n) is 6.71. The van der Waals surface area contributed by atoms with E-state index < -0.39 is 0 Å². The lowest BCUT2D eigenvalue weighted by molar-refractivity contribution is 0.101. The fourth-order valence-electron chi connectivity index (χ4n) is 2.27. The average molecular weight is 252 g/mol. The zero-order valence-electron chi connectivity index (χ0n) is 12.0. The molecule has 2 aromatic carbocycles. The van der Waals surface area contributed by atoms with Crippen LogP contribution < -0.4 is 0 Å². The van der Waals surface area contributed by atoms with Gasteiger partial charge in [-0.15, -0.1) is 0 Å². The van der Waals surface area contributed by atoms with Gasteiger partial charge in [-0.2, -0.15) is 0 Å². The van der Waals surface area contributed by atoms with Crippen molar-refractivity contribution in [2.45, 2.75) is 33.6 Å². The maximum absolute atomic E-state index is 11.4. The van der Waals surface area contributed by atoms with Gasteiger partial charge in [-0.05, 0) is 48.1 Å². The lowest BCUT2D eigenvalue weighted by Crippen LogP contribution is -1.94. The highest BCUT2D eigenvalue weighted by Gasteiger charge is 2.07. The molecule has 0 radical (unpaired) electrons. The molecule has 0 fully saturated rings. The van der Waals surface area contributed by atoms with E-state index in [9.17, 15) is 4.79 Å². The monoisotopic (exact) mass is 252 g/mol. The van der Waals surface area contributed by atoms with Gasteiger partial charge >= 0.3 is 0 Å². The van der Waals surface area contributed by atoms with Gasteiger partial charge in [0.05, 0.1) is 0 Å². The Hall–Kier alpha value is -1.89. The molecule has 0 N–H and O–H groups in total. The first-order valence-corrected chi connectivity index (χ1v) is 6.71. The zero-order chi connectivity index (χ0) is 14.0. The average Bonchev–Trinajstić information content (AvgIpc) is 2.38. The second-order valence-corrected chi connectivity index (χ2v) is 5.37. The number of aryl methyl sites for hydroxylation is 1. The van der Waals surface area contributed by atoms with E-state index in [4.69, 9.17) is 0 Å². The molecule has 0 unspecified atom stereocenters. The summed E-state index contributed by atoms with van der Waals surface area (Å²) in [6, 6.07) is 14.6. The molecular weight excluding hydrogens is 232 g/mol. The molecule has 0 heterocycles. The molecule has 19 heavy (non-hydrogen) atoms. The molecule has 0 aliphatic carbocycles. The predicted octanol–water partition coefficient (Wildman–Crippen LogP) is 4.99. The smallest absolute Gasteiger partial charge is 0.159 e. The van der Waals surface area contributed by atoms with Crippen molar-refractivity contribution in [3.8, 4) is 11.1 Å². The van der Waals surface area contributed by atoms with E-state index in [0.717, 1.165) is 11.1 Å². The van der Waals surface area contributed by atoms with Crippen molar-refractivity contribution in [3.63, 3.8) is 0 Å². The van der Waals surface area contributed by atoms with Crippen LogP contribution in [-0.2, 0) is 0 Å². The molecule has 0 aliphatic heterocycles. The summed E-state index contributed by atoms with van der Waals surface area (Å²) in [6.07, 6.45) is 0. The van der Waals surface area contributed by atoms with Crippen LogP contribution in [0.15, 0.2) is 42.5 Å². The van der Waals surface area contributed by atoms with E-state index in [1.165, 1.54) is 16.7 Å². The van der Waals surface area contributed by atoms with Crippen molar-refractivity contribution in [1.29, 1.82) is 0 Å². The molecule has 98 valence electrons. The number of carbonyl (C=O) groups excluding carboxylic acids is 1. The second-order valence-electron chi connectivity index (χ2n) is 5.37. The van der Waals surface area contributed by atoms with E-state index in [1.54, 1.807) is 6.92 Å². The maximum atomic E-state index is 11.4. The van der Waals surface area contributed by atoms with Gasteiger partial charge in [0.2, 0.25) is 0 Å². The number of rotatable bonds is 3. The molecule has 0 saturated heterocycles. The van der Waals surface area contributed by atoms with Gasteiger partial charge in [0.15, 0.2) is 5.78 Å². The lowest BCUT2D eigenvalue weighted by Gasteiger charge is -2.11. The molecule has 0 aliphatic rings. The van der Waals surface area contributed by atoms with Crippen LogP contribution in [0, 0.1) is 6.92 Å². The molecule has 2 rings (SSSR count). The van der Waals surface area contributed by atoms with E-state index in [-0.39, 0.29) is 5.78 Å². The predicted molar refractivity (Wildman–Crippen MR) is 80.7 cm³/mol. The minimum atomic E-state index is 0.116. The standard InChI is InChI=1S/C18H20O/c1-12(2)15-6-5-7-17(11-15)18-9-8-16(14(4)19)10-13(18)3/h5-12H,1-4H3. The number of carbonyl (C=O) groups is 1. The molecule has 0 amide bonds. The summed E-state index contributed by atoms with van der Waals surface area (Å²) in [7, 11) is 0. The Kier molecular flexibility index (Phi) is 3.84. The van der Waals surface area contributed by atoms with Gasteiger partial charge < -0.3 is 0 Å². The summed E-state index contributed by atoms with van der Waals surface area (Å²) in [4.78, 5) is 11.4. The Balaban J connectivity index is 2.47. The van der Waals surface area contributed by atoms with Gasteiger partial charge in [-0.3, -0.25) is 4.79 Å². The highest BCUT2D eigenvalue weighted by Crippen LogP contribution is 2.27. The van der Waals surface area contributed by atoms with Crippen LogP contribution in [0.3, 0.4) is 0 Å². The van der Waals surface area contributed by atoms with Crippen molar-refractivity contribution in [3.05, 3.63) is 59.2 Å². The third kappa shape index (κ3) is 2.93. The number of Topliss-reactive ketones (excluding diaryl/α,β-unsaturated/α-hetero) is 1. The van der Waals surface area contributed by atoms with Crippen LogP contribution in [0.25, 0.3) is 11.1 Å². The van der Waals surface area contributed by atoms with Gasteiger partial charge in [-0.1, -0.05) is 50.2 Å². The van der Waals surface area contributed by atoms with Crippen molar-refractivity contribution in [2.75, 3.05) is 0 Å². The molecule has 1 heteroatoms. The molecule has 0 spiro atoms. The summed E-state index contributed by atoms with van der Waals surface area (Å²) in [5.41, 5.74) is 5.69. The summed E-state index contributed by atoms with van der Waals surface area (Å²) >= 11 is 0. The van der Waals surface area contributed by atoms with Gasteiger partial charge in [0, 0.05) is 5.56 Å². The minimum Gasteiger partial charge on any atom is -0.295 e.